The molecule has 0 radical (unpaired) electrons. The summed E-state index contributed by atoms with van der Waals surface area (Å²) in [6.07, 6.45) is 1.42. The van der Waals surface area contributed by atoms with Crippen molar-refractivity contribution in [3.05, 3.63) is 64.2 Å². The van der Waals surface area contributed by atoms with Crippen LogP contribution in [-0.4, -0.2) is 13.0 Å². The number of amides is 1. The van der Waals surface area contributed by atoms with Gasteiger partial charge in [-0.1, -0.05) is 45.0 Å². The van der Waals surface area contributed by atoms with Crippen LogP contribution >= 0.6 is 0 Å². The van der Waals surface area contributed by atoms with E-state index in [1.807, 2.05) is 19.1 Å². The number of methoxy groups -OCH3 is 1. The fourth-order valence-electron chi connectivity index (χ4n) is 3.26. The summed E-state index contributed by atoms with van der Waals surface area (Å²) in [5.74, 6) is 1.32. The van der Waals surface area contributed by atoms with Gasteiger partial charge in [-0.05, 0) is 66.1 Å². The summed E-state index contributed by atoms with van der Waals surface area (Å²) in [4.78, 5) is 12.5. The molecule has 0 spiro atoms. The van der Waals surface area contributed by atoms with Crippen molar-refractivity contribution in [1.82, 2.24) is 5.32 Å². The number of hydrogen-bond donors (Lipinski definition) is 1. The lowest BCUT2D eigenvalue weighted by Gasteiger charge is -2.21. The molecule has 0 fully saturated rings. The fourth-order valence-corrected chi connectivity index (χ4v) is 3.26. The Morgan fingerprint density at radius 3 is 2.19 bits per heavy atom. The van der Waals surface area contributed by atoms with E-state index in [-0.39, 0.29) is 11.9 Å². The Morgan fingerprint density at radius 1 is 1.04 bits per heavy atom. The van der Waals surface area contributed by atoms with E-state index < -0.39 is 0 Å². The molecule has 0 unspecified atom stereocenters. The average Bonchev–Trinajstić information content (AvgIpc) is 2.61. The molecule has 2 aromatic carbocycles. The molecular weight excluding hydrogens is 322 g/mol. The van der Waals surface area contributed by atoms with Gasteiger partial charge < -0.3 is 10.1 Å². The first kappa shape index (κ1) is 20.0. The quantitative estimate of drug-likeness (QED) is 0.751. The number of nitrogens with one attached hydrogen (secondary N) is 1. The molecule has 2 rings (SSSR count). The van der Waals surface area contributed by atoms with Crippen LogP contribution in [0.15, 0.2) is 36.4 Å². The highest BCUT2D eigenvalue weighted by atomic mass is 16.5. The van der Waals surface area contributed by atoms with Gasteiger partial charge in [0, 0.05) is 0 Å². The third-order valence-corrected chi connectivity index (χ3v) is 4.88. The molecule has 1 N–H and O–H groups in total. The molecule has 0 heterocycles. The summed E-state index contributed by atoms with van der Waals surface area (Å²) in [7, 11) is 1.70. The zero-order chi connectivity index (χ0) is 19.3. The van der Waals surface area contributed by atoms with E-state index in [1.54, 1.807) is 7.11 Å². The molecule has 0 aliphatic heterocycles. The number of benzene rings is 2. The average molecular weight is 354 g/mol. The van der Waals surface area contributed by atoms with Gasteiger partial charge in [-0.3, -0.25) is 4.79 Å². The molecule has 1 amide bonds. The van der Waals surface area contributed by atoms with Crippen molar-refractivity contribution in [3.8, 4) is 5.75 Å². The molecular formula is C23H31NO2. The predicted molar refractivity (Wildman–Crippen MR) is 108 cm³/mol. The van der Waals surface area contributed by atoms with Crippen molar-refractivity contribution >= 4 is 5.91 Å². The number of hydrogen-bond acceptors (Lipinski definition) is 2. The van der Waals surface area contributed by atoms with Gasteiger partial charge >= 0.3 is 0 Å². The first-order chi connectivity index (χ1) is 12.3. The van der Waals surface area contributed by atoms with Crippen LogP contribution in [0, 0.1) is 6.92 Å². The maximum absolute atomic E-state index is 12.5. The highest BCUT2D eigenvalue weighted by Gasteiger charge is 2.17. The molecule has 0 aromatic heterocycles. The minimum Gasteiger partial charge on any atom is -0.496 e. The summed E-state index contributed by atoms with van der Waals surface area (Å²) in [6.45, 7) is 10.5. The second-order valence-electron chi connectivity index (χ2n) is 7.24. The SMILES string of the molecule is CCc1ccc(CC(=O)N[C@H](C)c2cc(C(C)C)c(OC)cc2C)cc1. The van der Waals surface area contributed by atoms with E-state index in [4.69, 9.17) is 4.74 Å². The van der Waals surface area contributed by atoms with Crippen molar-refractivity contribution in [3.63, 3.8) is 0 Å². The number of carbonyl (C=O) groups is 1. The van der Waals surface area contributed by atoms with Gasteiger partial charge in [0.05, 0.1) is 19.6 Å². The molecule has 1 atom stereocenters. The number of ether oxygens (including phenoxy) is 1. The number of aryl methyl sites for hydroxylation is 2. The Balaban J connectivity index is 2.11. The van der Waals surface area contributed by atoms with E-state index in [1.165, 1.54) is 11.1 Å². The molecule has 0 saturated carbocycles. The van der Waals surface area contributed by atoms with Gasteiger partial charge in [-0.25, -0.2) is 0 Å². The smallest absolute Gasteiger partial charge is 0.224 e. The maximum Gasteiger partial charge on any atom is 0.224 e. The van der Waals surface area contributed by atoms with Crippen LogP contribution in [0.5, 0.6) is 5.75 Å². The van der Waals surface area contributed by atoms with Crippen LogP contribution in [0.4, 0.5) is 0 Å². The normalized spacial score (nSPS) is 12.1. The topological polar surface area (TPSA) is 38.3 Å². The Labute approximate surface area is 157 Å². The van der Waals surface area contributed by atoms with Crippen molar-refractivity contribution < 1.29 is 9.53 Å². The molecule has 2 aromatic rings. The van der Waals surface area contributed by atoms with Crippen LogP contribution < -0.4 is 10.1 Å². The standard InChI is InChI=1S/C23H31NO2/c1-7-18-8-10-19(11-9-18)13-23(25)24-17(5)21-14-20(15(2)3)22(26-6)12-16(21)4/h8-12,14-15,17H,7,13H2,1-6H3,(H,24,25)/t17-/m1/s1. The predicted octanol–water partition coefficient (Wildman–Crippen LogP) is 5.11. The van der Waals surface area contributed by atoms with Gasteiger partial charge in [-0.2, -0.15) is 0 Å². The molecule has 3 heteroatoms. The lowest BCUT2D eigenvalue weighted by atomic mass is 9.93. The van der Waals surface area contributed by atoms with E-state index in [0.717, 1.165) is 28.9 Å². The zero-order valence-electron chi connectivity index (χ0n) is 16.8. The van der Waals surface area contributed by atoms with Gasteiger partial charge in [0.25, 0.3) is 0 Å². The summed E-state index contributed by atoms with van der Waals surface area (Å²) >= 11 is 0. The summed E-state index contributed by atoms with van der Waals surface area (Å²) in [6, 6.07) is 12.5. The van der Waals surface area contributed by atoms with E-state index in [9.17, 15) is 4.79 Å². The third kappa shape index (κ3) is 4.87. The number of carbonyl (C=O) groups excluding carboxylic acids is 1. The van der Waals surface area contributed by atoms with Gasteiger partial charge in [0.1, 0.15) is 5.75 Å². The Morgan fingerprint density at radius 2 is 1.65 bits per heavy atom. The second-order valence-corrected chi connectivity index (χ2v) is 7.24. The van der Waals surface area contributed by atoms with E-state index in [2.05, 4.69) is 57.3 Å². The van der Waals surface area contributed by atoms with Crippen molar-refractivity contribution in [1.29, 1.82) is 0 Å². The first-order valence-corrected chi connectivity index (χ1v) is 9.41. The molecule has 0 aliphatic carbocycles. The van der Waals surface area contributed by atoms with Crippen LogP contribution in [0.3, 0.4) is 0 Å². The van der Waals surface area contributed by atoms with Gasteiger partial charge in [-0.15, -0.1) is 0 Å². The Hall–Kier alpha value is -2.29. The number of rotatable bonds is 7. The monoisotopic (exact) mass is 353 g/mol. The van der Waals surface area contributed by atoms with E-state index in [0.29, 0.717) is 12.3 Å². The highest BCUT2D eigenvalue weighted by Crippen LogP contribution is 2.32. The third-order valence-electron chi connectivity index (χ3n) is 4.88. The Bertz CT molecular complexity index is 748. The Kier molecular flexibility index (Phi) is 6.84. The minimum atomic E-state index is -0.0409. The van der Waals surface area contributed by atoms with Crippen LogP contribution in [-0.2, 0) is 17.6 Å². The van der Waals surface area contributed by atoms with Gasteiger partial charge in [0.2, 0.25) is 5.91 Å². The minimum absolute atomic E-state index is 0.0409. The van der Waals surface area contributed by atoms with Crippen molar-refractivity contribution in [2.75, 3.05) is 7.11 Å². The summed E-state index contributed by atoms with van der Waals surface area (Å²) in [5, 5.41) is 3.14. The molecule has 26 heavy (non-hydrogen) atoms. The molecule has 0 bridgehead atoms. The molecule has 140 valence electrons. The zero-order valence-corrected chi connectivity index (χ0v) is 16.8. The lowest BCUT2D eigenvalue weighted by molar-refractivity contribution is -0.121. The highest BCUT2D eigenvalue weighted by molar-refractivity contribution is 5.79. The first-order valence-electron chi connectivity index (χ1n) is 9.41. The summed E-state index contributed by atoms with van der Waals surface area (Å²) in [5.41, 5.74) is 5.78. The summed E-state index contributed by atoms with van der Waals surface area (Å²) < 4.78 is 5.51. The van der Waals surface area contributed by atoms with Crippen molar-refractivity contribution in [2.24, 2.45) is 0 Å². The maximum atomic E-state index is 12.5. The van der Waals surface area contributed by atoms with Crippen LogP contribution in [0.2, 0.25) is 0 Å². The van der Waals surface area contributed by atoms with E-state index >= 15 is 0 Å². The largest absolute Gasteiger partial charge is 0.496 e. The van der Waals surface area contributed by atoms with Crippen molar-refractivity contribution in [2.45, 2.75) is 59.4 Å². The molecule has 0 aliphatic rings. The fraction of sp³-hybridized carbons (Fsp3) is 0.435. The second kappa shape index (κ2) is 8.88. The lowest BCUT2D eigenvalue weighted by Crippen LogP contribution is -2.28. The molecule has 0 saturated heterocycles. The van der Waals surface area contributed by atoms with Crippen LogP contribution in [0.25, 0.3) is 0 Å². The van der Waals surface area contributed by atoms with Gasteiger partial charge in [0.15, 0.2) is 0 Å². The molecule has 3 nitrogen and oxygen atoms in total. The van der Waals surface area contributed by atoms with Crippen LogP contribution in [0.1, 0.15) is 67.5 Å².